The van der Waals surface area contributed by atoms with Gasteiger partial charge in [-0.2, -0.15) is 10.5 Å². The van der Waals surface area contributed by atoms with E-state index in [-0.39, 0.29) is 0 Å². The lowest BCUT2D eigenvalue weighted by Crippen LogP contribution is -2.26. The van der Waals surface area contributed by atoms with Crippen molar-refractivity contribution >= 4 is 0 Å². The summed E-state index contributed by atoms with van der Waals surface area (Å²) >= 11 is 0. The molecule has 4 nitrogen and oxygen atoms in total. The number of unbranched alkanes of at least 4 members (excludes halogenated alkanes) is 4. The monoisotopic (exact) mass is 655 g/mol. The first kappa shape index (κ1) is 39.5. The zero-order chi connectivity index (χ0) is 35.4. The van der Waals surface area contributed by atoms with Crippen LogP contribution in [0, 0.1) is 58.2 Å². The second-order valence-electron chi connectivity index (χ2n) is 16.2. The van der Waals surface area contributed by atoms with Crippen molar-refractivity contribution in [2.45, 2.75) is 157 Å². The lowest BCUT2D eigenvalue weighted by molar-refractivity contribution is 0.194. The summed E-state index contributed by atoms with van der Waals surface area (Å²) in [5, 5.41) is 40.9. The highest BCUT2D eigenvalue weighted by atomic mass is 16.3. The fraction of sp³-hybridized carbons (Fsp3) is 0.682. The summed E-state index contributed by atoms with van der Waals surface area (Å²) in [4.78, 5) is 0. The maximum Gasteiger partial charge on any atom is 0.120 e. The molecule has 2 aromatic carbocycles. The maximum atomic E-state index is 10.7. The molecule has 0 spiro atoms. The summed E-state index contributed by atoms with van der Waals surface area (Å²) in [7, 11) is 0. The summed E-state index contributed by atoms with van der Waals surface area (Å²) in [6, 6.07) is 12.7. The molecule has 2 aliphatic carbocycles. The molecule has 264 valence electrons. The van der Waals surface area contributed by atoms with Crippen molar-refractivity contribution in [3.8, 4) is 23.6 Å². The van der Waals surface area contributed by atoms with Crippen LogP contribution < -0.4 is 0 Å². The molecule has 2 fully saturated rings. The molecule has 0 bridgehead atoms. The highest BCUT2D eigenvalue weighted by Gasteiger charge is 2.36. The minimum atomic E-state index is 0.313. The zero-order valence-electron chi connectivity index (χ0n) is 31.6. The Hall–Kier alpha value is -2.98. The van der Waals surface area contributed by atoms with Crippen LogP contribution in [0.1, 0.15) is 178 Å². The smallest absolute Gasteiger partial charge is 0.120 e. The number of phenolic OH excluding ortho intramolecular Hbond substituents is 2. The van der Waals surface area contributed by atoms with E-state index in [0.29, 0.717) is 70.0 Å². The SMILES string of the molecule is CCCCCc1cc(O)c([C@@H]2C[C@@H](C)CC[C@H]2C(C)C)c(C#N)c1.CCCCCc1cc(O)c([C@@H]2C[C@H](C)CC[C@H]2C(C)C)c(C#N)c1. The lowest BCUT2D eigenvalue weighted by Gasteiger charge is -2.38. The van der Waals surface area contributed by atoms with Gasteiger partial charge < -0.3 is 10.2 Å². The number of rotatable bonds is 12. The van der Waals surface area contributed by atoms with E-state index in [1.807, 2.05) is 24.3 Å². The molecule has 2 aromatic rings. The Morgan fingerprint density at radius 1 is 0.625 bits per heavy atom. The average molecular weight is 655 g/mol. The molecule has 6 atom stereocenters. The van der Waals surface area contributed by atoms with Gasteiger partial charge in [-0.25, -0.2) is 0 Å². The van der Waals surface area contributed by atoms with Gasteiger partial charge in [-0.3, -0.25) is 0 Å². The zero-order valence-corrected chi connectivity index (χ0v) is 31.6. The number of phenols is 2. The van der Waals surface area contributed by atoms with Gasteiger partial charge in [0.15, 0.2) is 0 Å². The summed E-state index contributed by atoms with van der Waals surface area (Å²) < 4.78 is 0. The van der Waals surface area contributed by atoms with Crippen LogP contribution in [0.4, 0.5) is 0 Å². The van der Waals surface area contributed by atoms with Crippen molar-refractivity contribution in [3.63, 3.8) is 0 Å². The van der Waals surface area contributed by atoms with Gasteiger partial charge >= 0.3 is 0 Å². The molecule has 0 aromatic heterocycles. The second-order valence-corrected chi connectivity index (χ2v) is 16.2. The van der Waals surface area contributed by atoms with Gasteiger partial charge in [0, 0.05) is 11.1 Å². The van der Waals surface area contributed by atoms with Gasteiger partial charge in [-0.1, -0.05) is 93.9 Å². The van der Waals surface area contributed by atoms with Crippen molar-refractivity contribution in [2.24, 2.45) is 35.5 Å². The molecule has 0 aliphatic heterocycles. The van der Waals surface area contributed by atoms with Gasteiger partial charge in [0.25, 0.3) is 0 Å². The molecule has 0 unspecified atom stereocenters. The van der Waals surface area contributed by atoms with Gasteiger partial charge in [-0.15, -0.1) is 0 Å². The number of nitriles is 2. The van der Waals surface area contributed by atoms with Crippen LogP contribution in [0.5, 0.6) is 11.5 Å². The summed E-state index contributed by atoms with van der Waals surface area (Å²) in [5.74, 6) is 4.95. The minimum Gasteiger partial charge on any atom is -0.508 e. The topological polar surface area (TPSA) is 88.0 Å². The van der Waals surface area contributed by atoms with Crippen LogP contribution in [0.2, 0.25) is 0 Å². The van der Waals surface area contributed by atoms with Crippen molar-refractivity contribution in [1.29, 1.82) is 10.5 Å². The fourth-order valence-corrected chi connectivity index (χ4v) is 8.87. The van der Waals surface area contributed by atoms with Gasteiger partial charge in [0.1, 0.15) is 11.5 Å². The summed E-state index contributed by atoms with van der Waals surface area (Å²) in [5.41, 5.74) is 5.44. The van der Waals surface area contributed by atoms with Crippen LogP contribution in [0.3, 0.4) is 0 Å². The predicted molar refractivity (Wildman–Crippen MR) is 200 cm³/mol. The Morgan fingerprint density at radius 3 is 1.31 bits per heavy atom. The third-order valence-corrected chi connectivity index (χ3v) is 11.6. The van der Waals surface area contributed by atoms with E-state index < -0.39 is 0 Å². The molecule has 0 heterocycles. The molecule has 0 saturated heterocycles. The van der Waals surface area contributed by atoms with E-state index in [4.69, 9.17) is 0 Å². The van der Waals surface area contributed by atoms with E-state index in [1.165, 1.54) is 51.4 Å². The Bertz CT molecular complexity index is 1270. The quantitative estimate of drug-likeness (QED) is 0.223. The van der Waals surface area contributed by atoms with Crippen molar-refractivity contribution < 1.29 is 10.2 Å². The van der Waals surface area contributed by atoms with Crippen molar-refractivity contribution in [3.05, 3.63) is 57.6 Å². The Labute approximate surface area is 294 Å². The van der Waals surface area contributed by atoms with Crippen molar-refractivity contribution in [1.82, 2.24) is 0 Å². The molecular formula is C44H66N2O2. The first-order valence-electron chi connectivity index (χ1n) is 19.5. The van der Waals surface area contributed by atoms with E-state index in [1.54, 1.807) is 0 Å². The number of nitrogens with zero attached hydrogens (tertiary/aromatic N) is 2. The molecule has 2 saturated carbocycles. The number of hydrogen-bond donors (Lipinski definition) is 2. The van der Waals surface area contributed by atoms with Crippen LogP contribution >= 0.6 is 0 Å². The number of hydrogen-bond acceptors (Lipinski definition) is 4. The number of aryl methyl sites for hydroxylation is 2. The lowest BCUT2D eigenvalue weighted by atomic mass is 9.66. The first-order valence-corrected chi connectivity index (χ1v) is 19.5. The van der Waals surface area contributed by atoms with Crippen LogP contribution in [-0.2, 0) is 12.8 Å². The van der Waals surface area contributed by atoms with E-state index in [0.717, 1.165) is 60.8 Å². The maximum absolute atomic E-state index is 10.7. The molecule has 48 heavy (non-hydrogen) atoms. The first-order chi connectivity index (χ1) is 22.9. The molecule has 0 radical (unpaired) electrons. The van der Waals surface area contributed by atoms with E-state index in [2.05, 4.69) is 67.5 Å². The fourth-order valence-electron chi connectivity index (χ4n) is 8.87. The molecule has 2 aliphatic rings. The molecular weight excluding hydrogens is 588 g/mol. The van der Waals surface area contributed by atoms with Gasteiger partial charge in [0.2, 0.25) is 0 Å². The van der Waals surface area contributed by atoms with Gasteiger partial charge in [-0.05, 0) is 134 Å². The Kier molecular flexibility index (Phi) is 15.8. The van der Waals surface area contributed by atoms with Crippen LogP contribution in [-0.4, -0.2) is 10.2 Å². The Morgan fingerprint density at radius 2 is 1.00 bits per heavy atom. The van der Waals surface area contributed by atoms with Crippen molar-refractivity contribution in [2.75, 3.05) is 0 Å². The summed E-state index contributed by atoms with van der Waals surface area (Å²) in [6.07, 6.45) is 16.0. The van der Waals surface area contributed by atoms with Gasteiger partial charge in [0.05, 0.1) is 23.3 Å². The highest BCUT2D eigenvalue weighted by molar-refractivity contribution is 5.52. The van der Waals surface area contributed by atoms with Crippen LogP contribution in [0.25, 0.3) is 0 Å². The predicted octanol–water partition coefficient (Wildman–Crippen LogP) is 12.3. The average Bonchev–Trinajstić information content (AvgIpc) is 3.04. The second kappa shape index (κ2) is 19.3. The molecule has 4 rings (SSSR count). The van der Waals surface area contributed by atoms with E-state index in [9.17, 15) is 20.7 Å². The number of aromatic hydroxyl groups is 2. The third kappa shape index (κ3) is 10.5. The van der Waals surface area contributed by atoms with Crippen LogP contribution in [0.15, 0.2) is 24.3 Å². The third-order valence-electron chi connectivity index (χ3n) is 11.6. The minimum absolute atomic E-state index is 0.313. The normalized spacial score (nSPS) is 24.1. The molecule has 0 amide bonds. The number of benzene rings is 2. The highest BCUT2D eigenvalue weighted by Crippen LogP contribution is 2.49. The largest absolute Gasteiger partial charge is 0.508 e. The standard InChI is InChI=1S/2C22H33NO/c2*1-5-6-7-8-17-12-18(14-23)22(21(24)13-17)20-11-16(4)9-10-19(20)15(2)3/h2*12-13,15-16,19-20,24H,5-11H2,1-4H3/t16-,19+,20-;16-,19-,20+/m10/s1. The molecule has 2 N–H and O–H groups in total. The summed E-state index contributed by atoms with van der Waals surface area (Å²) in [6.45, 7) is 18.1. The van der Waals surface area contributed by atoms with E-state index >= 15 is 0 Å². The Balaban J connectivity index is 0.000000260. The molecule has 4 heteroatoms.